The molecule has 0 saturated carbocycles. The maximum Gasteiger partial charge on any atom is 0.343 e. The fourth-order valence-corrected chi connectivity index (χ4v) is 5.44. The van der Waals surface area contributed by atoms with Crippen LogP contribution in [0.3, 0.4) is 0 Å². The van der Waals surface area contributed by atoms with Gasteiger partial charge < -0.3 is 19.3 Å². The molecule has 2 aromatic carbocycles. The maximum absolute atomic E-state index is 14.1. The number of phenolic OH excluding ortho intramolecular Hbond substituents is 1. The van der Waals surface area contributed by atoms with E-state index >= 15 is 0 Å². The third-order valence-corrected chi connectivity index (χ3v) is 7.20. The number of phenols is 1. The number of carbonyl (C=O) groups is 1. The highest BCUT2D eigenvalue weighted by atomic mass is 16.7. The van der Waals surface area contributed by atoms with Gasteiger partial charge in [-0.3, -0.25) is 0 Å². The Morgan fingerprint density at radius 1 is 1.08 bits per heavy atom. The molecule has 2 aliphatic rings. The maximum atomic E-state index is 14.1. The molecule has 6 heteroatoms. The predicted octanol–water partition coefficient (Wildman–Crippen LogP) is 6.37. The van der Waals surface area contributed by atoms with Crippen molar-refractivity contribution in [1.82, 2.24) is 0 Å². The Hall–Kier alpha value is -3.02. The van der Waals surface area contributed by atoms with Crippen LogP contribution < -0.4 is 4.74 Å². The Labute approximate surface area is 214 Å². The molecule has 4 rings (SSSR count). The molecule has 0 radical (unpaired) electrons. The van der Waals surface area contributed by atoms with Crippen LogP contribution in [0.4, 0.5) is 0 Å². The number of carbonyl (C=O) groups excluding carboxylic acids is 1. The third kappa shape index (κ3) is 3.86. The van der Waals surface area contributed by atoms with Crippen molar-refractivity contribution >= 4 is 12.4 Å². The second-order valence-electron chi connectivity index (χ2n) is 12.2. The molecule has 36 heavy (non-hydrogen) atoms. The van der Waals surface area contributed by atoms with E-state index in [1.54, 1.807) is 0 Å². The standard InChI is InChI=1S/C30H39NO5/c1-10-29-30(31-17-34-29,26(33)35-18(2)3)24(20-13-11-12-14-23(20)36-29)19-15-21(27(4,5)6)25(32)22(16-19)28(7,8)9/h11-18,24,32H,10H2,1-9H3/t24-,29+,30+/m1/s1. The van der Waals surface area contributed by atoms with Crippen LogP contribution in [0.25, 0.3) is 0 Å². The number of hydrogen-bond donors (Lipinski definition) is 1. The van der Waals surface area contributed by atoms with Crippen molar-refractivity contribution in [3.63, 3.8) is 0 Å². The fourth-order valence-electron chi connectivity index (χ4n) is 5.44. The van der Waals surface area contributed by atoms with Crippen molar-refractivity contribution in [1.29, 1.82) is 0 Å². The van der Waals surface area contributed by atoms with Crippen LogP contribution >= 0.6 is 0 Å². The zero-order valence-corrected chi connectivity index (χ0v) is 22.9. The lowest BCUT2D eigenvalue weighted by atomic mass is 9.66. The molecule has 2 heterocycles. The van der Waals surface area contributed by atoms with Gasteiger partial charge in [-0.15, -0.1) is 0 Å². The van der Waals surface area contributed by atoms with Crippen molar-refractivity contribution in [2.24, 2.45) is 4.99 Å². The Morgan fingerprint density at radius 2 is 1.67 bits per heavy atom. The minimum Gasteiger partial charge on any atom is -0.507 e. The summed E-state index contributed by atoms with van der Waals surface area (Å²) in [6.45, 7) is 18.0. The Bertz CT molecular complexity index is 1170. The highest BCUT2D eigenvalue weighted by Gasteiger charge is 2.71. The quantitative estimate of drug-likeness (QED) is 0.501. The van der Waals surface area contributed by atoms with E-state index in [1.165, 1.54) is 6.40 Å². The summed E-state index contributed by atoms with van der Waals surface area (Å²) < 4.78 is 18.4. The number of aliphatic imine (C=N–C) groups is 1. The van der Waals surface area contributed by atoms with Gasteiger partial charge in [0.05, 0.1) is 12.0 Å². The van der Waals surface area contributed by atoms with E-state index in [-0.39, 0.29) is 22.7 Å². The summed E-state index contributed by atoms with van der Waals surface area (Å²) in [6, 6.07) is 11.7. The van der Waals surface area contributed by atoms with Crippen LogP contribution in [0, 0.1) is 0 Å². The molecule has 0 fully saturated rings. The Kier molecular flexibility index (Phi) is 6.17. The van der Waals surface area contributed by atoms with Gasteiger partial charge in [0.2, 0.25) is 5.54 Å². The summed E-state index contributed by atoms with van der Waals surface area (Å²) >= 11 is 0. The summed E-state index contributed by atoms with van der Waals surface area (Å²) in [5, 5.41) is 11.4. The lowest BCUT2D eigenvalue weighted by molar-refractivity contribution is -0.198. The van der Waals surface area contributed by atoms with E-state index in [1.807, 2.05) is 57.2 Å². The second-order valence-corrected chi connectivity index (χ2v) is 12.2. The number of para-hydroxylation sites is 1. The normalized spacial score (nSPS) is 25.1. The molecule has 0 unspecified atom stereocenters. The average molecular weight is 494 g/mol. The summed E-state index contributed by atoms with van der Waals surface area (Å²) in [4.78, 5) is 18.8. The molecule has 2 aromatic rings. The van der Waals surface area contributed by atoms with Gasteiger partial charge in [-0.25, -0.2) is 9.79 Å². The molecule has 1 N–H and O–H groups in total. The molecule has 0 spiro atoms. The third-order valence-electron chi connectivity index (χ3n) is 7.20. The first kappa shape index (κ1) is 26.1. The molecule has 0 aliphatic carbocycles. The van der Waals surface area contributed by atoms with E-state index < -0.39 is 23.2 Å². The van der Waals surface area contributed by atoms with E-state index in [2.05, 4.69) is 41.5 Å². The van der Waals surface area contributed by atoms with Crippen LogP contribution in [0.1, 0.15) is 96.9 Å². The molecule has 0 bridgehead atoms. The number of nitrogens with zero attached hydrogens (tertiary/aromatic N) is 1. The first-order valence-electron chi connectivity index (χ1n) is 12.8. The lowest BCUT2D eigenvalue weighted by Crippen LogP contribution is -2.65. The van der Waals surface area contributed by atoms with Gasteiger partial charge >= 0.3 is 5.97 Å². The van der Waals surface area contributed by atoms with Crippen molar-refractivity contribution in [2.75, 3.05) is 0 Å². The van der Waals surface area contributed by atoms with Crippen molar-refractivity contribution < 1.29 is 24.1 Å². The highest BCUT2D eigenvalue weighted by molar-refractivity contribution is 5.89. The molecule has 0 saturated heterocycles. The average Bonchev–Trinajstić information content (AvgIpc) is 3.16. The number of fused-ring (bicyclic) bond motifs is 2. The molecule has 0 aromatic heterocycles. The summed E-state index contributed by atoms with van der Waals surface area (Å²) in [7, 11) is 0. The fraction of sp³-hybridized carbons (Fsp3) is 0.533. The molecule has 6 nitrogen and oxygen atoms in total. The van der Waals surface area contributed by atoms with Crippen LogP contribution in [-0.2, 0) is 25.1 Å². The zero-order chi connectivity index (χ0) is 26.7. The predicted molar refractivity (Wildman–Crippen MR) is 141 cm³/mol. The molecule has 0 amide bonds. The van der Waals surface area contributed by atoms with Crippen molar-refractivity contribution in [3.8, 4) is 11.5 Å². The van der Waals surface area contributed by atoms with Gasteiger partial charge in [-0.1, -0.05) is 78.8 Å². The zero-order valence-electron chi connectivity index (χ0n) is 22.9. The van der Waals surface area contributed by atoms with Crippen LogP contribution in [0.15, 0.2) is 41.4 Å². The highest BCUT2D eigenvalue weighted by Crippen LogP contribution is 2.57. The van der Waals surface area contributed by atoms with E-state index in [4.69, 9.17) is 19.2 Å². The van der Waals surface area contributed by atoms with Gasteiger partial charge in [0.15, 0.2) is 6.40 Å². The Morgan fingerprint density at radius 3 is 2.19 bits per heavy atom. The Balaban J connectivity index is 2.12. The van der Waals surface area contributed by atoms with E-state index in [0.717, 1.165) is 22.3 Å². The molecular formula is C30H39NO5. The molecule has 2 aliphatic heterocycles. The first-order valence-corrected chi connectivity index (χ1v) is 12.8. The summed E-state index contributed by atoms with van der Waals surface area (Å²) in [5.74, 6) is -1.48. The number of hydrogen-bond acceptors (Lipinski definition) is 6. The second kappa shape index (κ2) is 8.53. The van der Waals surface area contributed by atoms with Crippen molar-refractivity contribution in [3.05, 3.63) is 58.7 Å². The van der Waals surface area contributed by atoms with Gasteiger partial charge in [0.1, 0.15) is 11.5 Å². The topological polar surface area (TPSA) is 77.4 Å². The van der Waals surface area contributed by atoms with Crippen LogP contribution in [0.2, 0.25) is 0 Å². The van der Waals surface area contributed by atoms with Gasteiger partial charge in [-0.2, -0.15) is 0 Å². The van der Waals surface area contributed by atoms with E-state index in [0.29, 0.717) is 12.2 Å². The number of esters is 1. The number of benzene rings is 2. The summed E-state index contributed by atoms with van der Waals surface area (Å²) in [6.07, 6.45) is 1.37. The van der Waals surface area contributed by atoms with Gasteiger partial charge in [0.25, 0.3) is 5.79 Å². The number of rotatable bonds is 4. The van der Waals surface area contributed by atoms with Gasteiger partial charge in [-0.05, 0) is 47.4 Å². The van der Waals surface area contributed by atoms with Crippen LogP contribution in [0.5, 0.6) is 11.5 Å². The lowest BCUT2D eigenvalue weighted by Gasteiger charge is -2.48. The monoisotopic (exact) mass is 493 g/mol. The minimum atomic E-state index is -1.50. The summed E-state index contributed by atoms with van der Waals surface area (Å²) in [5.41, 5.74) is 1.13. The number of ether oxygens (including phenoxy) is 3. The smallest absolute Gasteiger partial charge is 0.343 e. The molecule has 194 valence electrons. The van der Waals surface area contributed by atoms with Gasteiger partial charge in [0, 0.05) is 12.0 Å². The number of aromatic hydroxyl groups is 1. The van der Waals surface area contributed by atoms with Crippen molar-refractivity contribution in [2.45, 2.75) is 103 Å². The minimum absolute atomic E-state index is 0.283. The molecular weight excluding hydrogens is 454 g/mol. The largest absolute Gasteiger partial charge is 0.507 e. The van der Waals surface area contributed by atoms with E-state index in [9.17, 15) is 9.90 Å². The molecule has 3 atom stereocenters. The first-order chi connectivity index (χ1) is 16.7. The van der Waals surface area contributed by atoms with Crippen LogP contribution in [-0.4, -0.2) is 34.9 Å². The SMILES string of the molecule is CC[C@@]12OC=N[C@]1(C(=O)OC(C)C)[C@H](c1cc(C(C)(C)C)c(O)c(C(C)(C)C)c1)c1ccccc1O2.